The smallest absolute Gasteiger partial charge is 0.151 e. The third-order valence-corrected chi connectivity index (χ3v) is 4.92. The summed E-state index contributed by atoms with van der Waals surface area (Å²) in [6, 6.07) is 0. The molecule has 3 nitrogen and oxygen atoms in total. The Kier molecular flexibility index (Phi) is 4.35. The van der Waals surface area contributed by atoms with E-state index in [4.69, 9.17) is 0 Å². The minimum absolute atomic E-state index is 0.290. The average Bonchev–Trinajstić information content (AvgIpc) is 2.41. The fourth-order valence-electron chi connectivity index (χ4n) is 1.31. The maximum Gasteiger partial charge on any atom is 0.151 e. The lowest BCUT2D eigenvalue weighted by Crippen LogP contribution is -2.21. The highest BCUT2D eigenvalue weighted by atomic mass is 79.9. The molecule has 86 valence electrons. The Hall–Kier alpha value is 0.1000. The quantitative estimate of drug-likeness (QED) is 0.791. The van der Waals surface area contributed by atoms with Crippen LogP contribution in [-0.4, -0.2) is 19.8 Å². The molecule has 1 aromatic heterocycles. The molecule has 1 atom stereocenters. The van der Waals surface area contributed by atoms with Crippen LogP contribution in [0.15, 0.2) is 4.60 Å². The number of nitrogens with zero attached hydrogens (tertiary/aromatic N) is 3. The summed E-state index contributed by atoms with van der Waals surface area (Å²) in [6.45, 7) is 6.72. The van der Waals surface area contributed by atoms with Crippen molar-refractivity contribution in [2.24, 2.45) is 12.5 Å². The van der Waals surface area contributed by atoms with Crippen LogP contribution in [0.4, 0.5) is 0 Å². The van der Waals surface area contributed by atoms with Crippen molar-refractivity contribution < 1.29 is 0 Å². The summed E-state index contributed by atoms with van der Waals surface area (Å²) in [5.41, 5.74) is 1.45. The first-order chi connectivity index (χ1) is 6.82. The normalized spacial score (nSPS) is 14.3. The van der Waals surface area contributed by atoms with Gasteiger partial charge < -0.3 is 0 Å². The Balaban J connectivity index is 2.58. The number of aromatic nitrogens is 3. The molecule has 0 fully saturated rings. The van der Waals surface area contributed by atoms with Gasteiger partial charge in [-0.1, -0.05) is 41.9 Å². The van der Waals surface area contributed by atoms with E-state index in [1.54, 1.807) is 0 Å². The molecule has 0 spiro atoms. The number of rotatable bonds is 3. The molecule has 0 aliphatic carbocycles. The van der Waals surface area contributed by atoms with Crippen molar-refractivity contribution in [3.63, 3.8) is 0 Å². The second kappa shape index (κ2) is 4.95. The molecule has 15 heavy (non-hydrogen) atoms. The van der Waals surface area contributed by atoms with Crippen molar-refractivity contribution in [1.82, 2.24) is 15.0 Å². The van der Waals surface area contributed by atoms with Crippen LogP contribution in [0.25, 0.3) is 0 Å². The average molecular weight is 339 g/mol. The van der Waals surface area contributed by atoms with E-state index in [1.165, 1.54) is 0 Å². The molecule has 1 heterocycles. The minimum Gasteiger partial charge on any atom is -0.251 e. The zero-order valence-corrected chi connectivity index (χ0v) is 12.8. The van der Waals surface area contributed by atoms with Gasteiger partial charge >= 0.3 is 0 Å². The first kappa shape index (κ1) is 13.2. The SMILES string of the molecule is Cn1nnc(Br)c1CCC(Br)C(C)(C)C. The van der Waals surface area contributed by atoms with Crippen LogP contribution in [0.3, 0.4) is 0 Å². The van der Waals surface area contributed by atoms with Gasteiger partial charge in [0, 0.05) is 11.9 Å². The zero-order valence-electron chi connectivity index (χ0n) is 9.59. The van der Waals surface area contributed by atoms with Gasteiger partial charge in [-0.15, -0.1) is 5.10 Å². The highest BCUT2D eigenvalue weighted by Gasteiger charge is 2.22. The molecule has 0 aromatic carbocycles. The van der Waals surface area contributed by atoms with E-state index in [1.807, 2.05) is 11.7 Å². The molecule has 0 aliphatic heterocycles. The zero-order chi connectivity index (χ0) is 11.6. The number of halogens is 2. The standard InChI is InChI=1S/C10H17Br2N3/c1-10(2,3)8(11)6-5-7-9(12)13-14-15(7)4/h8H,5-6H2,1-4H3. The summed E-state index contributed by atoms with van der Waals surface area (Å²) in [4.78, 5) is 0.506. The van der Waals surface area contributed by atoms with Crippen LogP contribution in [-0.2, 0) is 13.5 Å². The highest BCUT2D eigenvalue weighted by molar-refractivity contribution is 9.10. The summed E-state index contributed by atoms with van der Waals surface area (Å²) in [5, 5.41) is 7.93. The Morgan fingerprint density at radius 2 is 2.00 bits per heavy atom. The predicted octanol–water partition coefficient (Wildman–Crippen LogP) is 3.32. The van der Waals surface area contributed by atoms with Crippen molar-refractivity contribution in [2.45, 2.75) is 38.4 Å². The van der Waals surface area contributed by atoms with Crippen molar-refractivity contribution >= 4 is 31.9 Å². The van der Waals surface area contributed by atoms with E-state index in [0.29, 0.717) is 10.2 Å². The molecule has 0 amide bonds. The number of hydrogen-bond acceptors (Lipinski definition) is 2. The predicted molar refractivity (Wildman–Crippen MR) is 69.2 cm³/mol. The molecule has 0 N–H and O–H groups in total. The maximum atomic E-state index is 3.97. The number of hydrogen-bond donors (Lipinski definition) is 0. The summed E-state index contributed by atoms with van der Waals surface area (Å²) < 4.78 is 2.69. The molecule has 0 bridgehead atoms. The van der Waals surface area contributed by atoms with Gasteiger partial charge in [0.05, 0.1) is 5.69 Å². The topological polar surface area (TPSA) is 30.7 Å². The Labute approximate surface area is 108 Å². The molecule has 1 aromatic rings. The van der Waals surface area contributed by atoms with Gasteiger partial charge in [-0.05, 0) is 34.2 Å². The monoisotopic (exact) mass is 337 g/mol. The Morgan fingerprint density at radius 1 is 1.40 bits per heavy atom. The second-order valence-corrected chi connectivity index (χ2v) is 6.68. The van der Waals surface area contributed by atoms with Crippen molar-refractivity contribution in [1.29, 1.82) is 0 Å². The number of aryl methyl sites for hydroxylation is 1. The lowest BCUT2D eigenvalue weighted by atomic mass is 9.89. The fraction of sp³-hybridized carbons (Fsp3) is 0.800. The van der Waals surface area contributed by atoms with Gasteiger partial charge in [0.25, 0.3) is 0 Å². The Morgan fingerprint density at radius 3 is 2.40 bits per heavy atom. The van der Waals surface area contributed by atoms with Crippen molar-refractivity contribution in [2.75, 3.05) is 0 Å². The van der Waals surface area contributed by atoms with Gasteiger partial charge in [-0.2, -0.15) is 0 Å². The van der Waals surface area contributed by atoms with E-state index < -0.39 is 0 Å². The van der Waals surface area contributed by atoms with E-state index in [2.05, 4.69) is 62.9 Å². The van der Waals surface area contributed by atoms with E-state index in [0.717, 1.165) is 23.1 Å². The third-order valence-electron chi connectivity index (χ3n) is 2.47. The second-order valence-electron chi connectivity index (χ2n) is 4.82. The van der Waals surface area contributed by atoms with Crippen LogP contribution in [0, 0.1) is 5.41 Å². The maximum absolute atomic E-state index is 3.97. The molecule has 0 radical (unpaired) electrons. The van der Waals surface area contributed by atoms with Gasteiger partial charge in [0.15, 0.2) is 4.60 Å². The first-order valence-corrected chi connectivity index (χ1v) is 6.71. The molecule has 0 saturated heterocycles. The lowest BCUT2D eigenvalue weighted by Gasteiger charge is -2.25. The fourth-order valence-corrected chi connectivity index (χ4v) is 2.07. The van der Waals surface area contributed by atoms with Gasteiger partial charge in [0.2, 0.25) is 0 Å². The van der Waals surface area contributed by atoms with Crippen molar-refractivity contribution in [3.05, 3.63) is 10.3 Å². The largest absolute Gasteiger partial charge is 0.251 e. The summed E-state index contributed by atoms with van der Waals surface area (Å²) >= 11 is 7.14. The van der Waals surface area contributed by atoms with Gasteiger partial charge in [-0.3, -0.25) is 4.68 Å². The summed E-state index contributed by atoms with van der Waals surface area (Å²) in [6.07, 6.45) is 2.07. The lowest BCUT2D eigenvalue weighted by molar-refractivity contribution is 0.383. The van der Waals surface area contributed by atoms with E-state index in [9.17, 15) is 0 Å². The van der Waals surface area contributed by atoms with Gasteiger partial charge in [-0.25, -0.2) is 0 Å². The highest BCUT2D eigenvalue weighted by Crippen LogP contribution is 2.30. The number of alkyl halides is 1. The molecular weight excluding hydrogens is 322 g/mol. The molecular formula is C10H17Br2N3. The molecule has 0 saturated carbocycles. The van der Waals surface area contributed by atoms with E-state index >= 15 is 0 Å². The van der Waals surface area contributed by atoms with E-state index in [-0.39, 0.29) is 0 Å². The van der Waals surface area contributed by atoms with Crippen molar-refractivity contribution in [3.8, 4) is 0 Å². The minimum atomic E-state index is 0.290. The third kappa shape index (κ3) is 3.55. The molecule has 5 heteroatoms. The summed E-state index contributed by atoms with van der Waals surface area (Å²) in [5.74, 6) is 0. The summed E-state index contributed by atoms with van der Waals surface area (Å²) in [7, 11) is 1.92. The Bertz CT molecular complexity index is 308. The van der Waals surface area contributed by atoms with Crippen LogP contribution < -0.4 is 0 Å². The molecule has 0 aliphatic rings. The van der Waals surface area contributed by atoms with Crippen LogP contribution in [0.1, 0.15) is 32.9 Å². The molecule has 1 rings (SSSR count). The van der Waals surface area contributed by atoms with Crippen LogP contribution in [0.2, 0.25) is 0 Å². The molecule has 1 unspecified atom stereocenters. The van der Waals surface area contributed by atoms with Crippen LogP contribution in [0.5, 0.6) is 0 Å². The van der Waals surface area contributed by atoms with Gasteiger partial charge in [0.1, 0.15) is 0 Å². The first-order valence-electron chi connectivity index (χ1n) is 5.00. The van der Waals surface area contributed by atoms with Crippen LogP contribution >= 0.6 is 31.9 Å².